The van der Waals surface area contributed by atoms with Crippen molar-refractivity contribution in [2.45, 2.75) is 6.92 Å². The molecule has 0 atom stereocenters. The third-order valence-electron chi connectivity index (χ3n) is 2.87. The van der Waals surface area contributed by atoms with Gasteiger partial charge in [-0.2, -0.15) is 0 Å². The summed E-state index contributed by atoms with van der Waals surface area (Å²) in [6.45, 7) is 2.52. The number of carboxylic acid groups (broad SMARTS) is 1. The van der Waals surface area contributed by atoms with Crippen LogP contribution in [-0.4, -0.2) is 35.0 Å². The number of aryl methyl sites for hydroxylation is 1. The average Bonchev–Trinajstić information content (AvgIpc) is 2.18. The van der Waals surface area contributed by atoms with Crippen LogP contribution in [0.2, 0.25) is 0 Å². The molecule has 1 saturated heterocycles. The zero-order valence-corrected chi connectivity index (χ0v) is 10.9. The molecule has 90 valence electrons. The Morgan fingerprint density at radius 1 is 1.41 bits per heavy atom. The highest BCUT2D eigenvalue weighted by Gasteiger charge is 2.36. The highest BCUT2D eigenvalue weighted by Crippen LogP contribution is 2.24. The predicted molar refractivity (Wildman–Crippen MR) is 65.9 cm³/mol. The lowest BCUT2D eigenvalue weighted by Gasteiger charge is -2.36. The molecule has 4 nitrogen and oxygen atoms in total. The van der Waals surface area contributed by atoms with Crippen LogP contribution in [0, 0.1) is 12.8 Å². The van der Waals surface area contributed by atoms with Gasteiger partial charge in [-0.15, -0.1) is 0 Å². The van der Waals surface area contributed by atoms with Crippen LogP contribution in [-0.2, 0) is 4.79 Å². The van der Waals surface area contributed by atoms with E-state index in [1.165, 1.54) is 0 Å². The molecule has 1 aromatic carbocycles. The van der Waals surface area contributed by atoms with Crippen LogP contribution in [0.15, 0.2) is 22.7 Å². The second-order valence-electron chi connectivity index (χ2n) is 4.23. The van der Waals surface area contributed by atoms with E-state index in [1.54, 1.807) is 11.0 Å². The first-order chi connectivity index (χ1) is 7.99. The molecule has 0 aromatic heterocycles. The number of amides is 1. The molecule has 1 N–H and O–H groups in total. The largest absolute Gasteiger partial charge is 0.481 e. The minimum absolute atomic E-state index is 0.113. The molecule has 17 heavy (non-hydrogen) atoms. The Bertz CT molecular complexity index is 481. The van der Waals surface area contributed by atoms with Crippen molar-refractivity contribution in [2.24, 2.45) is 5.92 Å². The third kappa shape index (κ3) is 2.34. The SMILES string of the molecule is Cc1ccc(Br)c(C(=O)N2CC(C(=O)O)C2)c1. The van der Waals surface area contributed by atoms with Crippen LogP contribution in [0.4, 0.5) is 0 Å². The van der Waals surface area contributed by atoms with E-state index in [1.807, 2.05) is 19.1 Å². The van der Waals surface area contributed by atoms with Crippen molar-refractivity contribution >= 4 is 27.8 Å². The first kappa shape index (κ1) is 12.1. The summed E-state index contributed by atoms with van der Waals surface area (Å²) in [6.07, 6.45) is 0. The number of carboxylic acids is 1. The minimum Gasteiger partial charge on any atom is -0.481 e. The summed E-state index contributed by atoms with van der Waals surface area (Å²) in [5.74, 6) is -1.36. The summed E-state index contributed by atoms with van der Waals surface area (Å²) >= 11 is 3.33. The highest BCUT2D eigenvalue weighted by molar-refractivity contribution is 9.10. The monoisotopic (exact) mass is 297 g/mol. The first-order valence-electron chi connectivity index (χ1n) is 5.27. The Morgan fingerprint density at radius 3 is 2.65 bits per heavy atom. The Hall–Kier alpha value is -1.36. The molecule has 0 radical (unpaired) electrons. The predicted octanol–water partition coefficient (Wildman–Crippen LogP) is 1.91. The third-order valence-corrected chi connectivity index (χ3v) is 3.56. The highest BCUT2D eigenvalue weighted by atomic mass is 79.9. The van der Waals surface area contributed by atoms with Crippen LogP contribution < -0.4 is 0 Å². The molecule has 0 bridgehead atoms. The maximum absolute atomic E-state index is 12.1. The van der Waals surface area contributed by atoms with Gasteiger partial charge in [0.05, 0.1) is 11.5 Å². The Labute approximate surface area is 107 Å². The molecule has 1 heterocycles. The summed E-state index contributed by atoms with van der Waals surface area (Å²) < 4.78 is 0.742. The molecule has 1 fully saturated rings. The van der Waals surface area contributed by atoms with Gasteiger partial charge in [0.15, 0.2) is 0 Å². The quantitative estimate of drug-likeness (QED) is 0.907. The van der Waals surface area contributed by atoms with Crippen molar-refractivity contribution in [1.29, 1.82) is 0 Å². The van der Waals surface area contributed by atoms with Crippen LogP contribution >= 0.6 is 15.9 Å². The fraction of sp³-hybridized carbons (Fsp3) is 0.333. The van der Waals surface area contributed by atoms with Crippen LogP contribution in [0.25, 0.3) is 0 Å². The summed E-state index contributed by atoms with van der Waals surface area (Å²) in [7, 11) is 0. The van der Waals surface area contributed by atoms with E-state index in [2.05, 4.69) is 15.9 Å². The van der Waals surface area contributed by atoms with Gasteiger partial charge >= 0.3 is 5.97 Å². The number of halogens is 1. The molecular formula is C12H12BrNO3. The van der Waals surface area contributed by atoms with Crippen LogP contribution in [0.3, 0.4) is 0 Å². The first-order valence-corrected chi connectivity index (χ1v) is 6.06. The molecule has 2 rings (SSSR count). The molecule has 0 saturated carbocycles. The zero-order chi connectivity index (χ0) is 12.6. The van der Waals surface area contributed by atoms with Gasteiger partial charge in [-0.1, -0.05) is 11.6 Å². The summed E-state index contributed by atoms with van der Waals surface area (Å²) in [6, 6.07) is 5.55. The zero-order valence-electron chi connectivity index (χ0n) is 9.31. The van der Waals surface area contributed by atoms with E-state index in [4.69, 9.17) is 5.11 Å². The topological polar surface area (TPSA) is 57.6 Å². The molecule has 1 aromatic rings. The van der Waals surface area contributed by atoms with Gasteiger partial charge in [-0.3, -0.25) is 9.59 Å². The van der Waals surface area contributed by atoms with E-state index in [0.29, 0.717) is 18.7 Å². The molecule has 0 aliphatic carbocycles. The number of nitrogens with zero attached hydrogens (tertiary/aromatic N) is 1. The molecule has 1 aliphatic heterocycles. The number of rotatable bonds is 2. The maximum atomic E-state index is 12.1. The van der Waals surface area contributed by atoms with E-state index in [9.17, 15) is 9.59 Å². The van der Waals surface area contributed by atoms with Crippen molar-refractivity contribution in [3.8, 4) is 0 Å². The van der Waals surface area contributed by atoms with Crippen molar-refractivity contribution in [3.63, 3.8) is 0 Å². The van der Waals surface area contributed by atoms with Gasteiger partial charge in [0.2, 0.25) is 0 Å². The lowest BCUT2D eigenvalue weighted by Crippen LogP contribution is -2.53. The van der Waals surface area contributed by atoms with Crippen LogP contribution in [0.1, 0.15) is 15.9 Å². The molecule has 0 spiro atoms. The molecular weight excluding hydrogens is 286 g/mol. The standard InChI is InChI=1S/C12H12BrNO3/c1-7-2-3-10(13)9(4-7)11(15)14-5-8(6-14)12(16)17/h2-4,8H,5-6H2,1H3,(H,16,17). The number of hydrogen-bond acceptors (Lipinski definition) is 2. The average molecular weight is 298 g/mol. The fourth-order valence-corrected chi connectivity index (χ4v) is 2.19. The van der Waals surface area contributed by atoms with Gasteiger partial charge in [0, 0.05) is 17.6 Å². The smallest absolute Gasteiger partial charge is 0.310 e. The molecule has 0 unspecified atom stereocenters. The van der Waals surface area contributed by atoms with Crippen LogP contribution in [0.5, 0.6) is 0 Å². The minimum atomic E-state index is -0.836. The number of carbonyl (C=O) groups is 2. The molecule has 5 heteroatoms. The number of carbonyl (C=O) groups excluding carboxylic acids is 1. The van der Waals surface area contributed by atoms with Gasteiger partial charge in [0.1, 0.15) is 0 Å². The van der Waals surface area contributed by atoms with Gasteiger partial charge in [-0.25, -0.2) is 0 Å². The lowest BCUT2D eigenvalue weighted by atomic mass is 9.99. The fourth-order valence-electron chi connectivity index (χ4n) is 1.77. The lowest BCUT2D eigenvalue weighted by molar-refractivity contribution is -0.146. The van der Waals surface area contributed by atoms with E-state index in [0.717, 1.165) is 10.0 Å². The second-order valence-corrected chi connectivity index (χ2v) is 5.08. The van der Waals surface area contributed by atoms with E-state index >= 15 is 0 Å². The Balaban J connectivity index is 2.11. The number of hydrogen-bond donors (Lipinski definition) is 1. The normalized spacial score (nSPS) is 15.5. The van der Waals surface area contributed by atoms with Crippen molar-refractivity contribution in [1.82, 2.24) is 4.90 Å². The van der Waals surface area contributed by atoms with Gasteiger partial charge < -0.3 is 10.0 Å². The number of aliphatic carboxylic acids is 1. The Kier molecular flexibility index (Phi) is 3.19. The van der Waals surface area contributed by atoms with Crippen molar-refractivity contribution in [3.05, 3.63) is 33.8 Å². The van der Waals surface area contributed by atoms with Gasteiger partial charge in [0.25, 0.3) is 5.91 Å². The second kappa shape index (κ2) is 4.49. The maximum Gasteiger partial charge on any atom is 0.310 e. The van der Waals surface area contributed by atoms with Gasteiger partial charge in [-0.05, 0) is 35.0 Å². The van der Waals surface area contributed by atoms with Crippen molar-refractivity contribution in [2.75, 3.05) is 13.1 Å². The molecule has 1 amide bonds. The number of benzene rings is 1. The summed E-state index contributed by atoms with van der Waals surface area (Å²) in [4.78, 5) is 24.3. The van der Waals surface area contributed by atoms with E-state index < -0.39 is 11.9 Å². The summed E-state index contributed by atoms with van der Waals surface area (Å²) in [5, 5.41) is 8.75. The summed E-state index contributed by atoms with van der Waals surface area (Å²) in [5.41, 5.74) is 1.60. The van der Waals surface area contributed by atoms with E-state index in [-0.39, 0.29) is 5.91 Å². The number of likely N-dealkylation sites (tertiary alicyclic amines) is 1. The Morgan fingerprint density at radius 2 is 2.06 bits per heavy atom. The van der Waals surface area contributed by atoms with Crippen molar-refractivity contribution < 1.29 is 14.7 Å². The molecule has 1 aliphatic rings.